The normalized spacial score (nSPS) is 15.2. The van der Waals surface area contributed by atoms with Crippen LogP contribution in [0.3, 0.4) is 0 Å². The lowest BCUT2D eigenvalue weighted by atomic mass is 10.1. The fourth-order valence-corrected chi connectivity index (χ4v) is 4.99. The van der Waals surface area contributed by atoms with Gasteiger partial charge in [-0.05, 0) is 42.5 Å². The van der Waals surface area contributed by atoms with Gasteiger partial charge >= 0.3 is 5.97 Å². The van der Waals surface area contributed by atoms with E-state index in [9.17, 15) is 22.4 Å². The Labute approximate surface area is 202 Å². The van der Waals surface area contributed by atoms with E-state index in [-0.39, 0.29) is 23.5 Å². The van der Waals surface area contributed by atoms with Crippen LogP contribution in [0.5, 0.6) is 0 Å². The molecule has 1 fully saturated rings. The van der Waals surface area contributed by atoms with Crippen molar-refractivity contribution in [3.63, 3.8) is 0 Å². The van der Waals surface area contributed by atoms with E-state index in [4.69, 9.17) is 9.47 Å². The van der Waals surface area contributed by atoms with Gasteiger partial charge in [-0.15, -0.1) is 0 Å². The van der Waals surface area contributed by atoms with Crippen molar-refractivity contribution in [1.82, 2.24) is 4.31 Å². The first-order valence-electron chi connectivity index (χ1n) is 10.8. The molecule has 0 radical (unpaired) electrons. The van der Waals surface area contributed by atoms with Crippen molar-refractivity contribution >= 4 is 27.6 Å². The number of esters is 1. The highest BCUT2D eigenvalue weighted by Gasteiger charge is 2.29. The molecule has 4 rings (SSSR count). The van der Waals surface area contributed by atoms with Crippen molar-refractivity contribution in [2.24, 2.45) is 0 Å². The summed E-state index contributed by atoms with van der Waals surface area (Å²) in [5.41, 5.74) is 0.722. The third-order valence-corrected chi connectivity index (χ3v) is 7.25. The number of sulfonamides is 1. The highest BCUT2D eigenvalue weighted by atomic mass is 32.2. The molecule has 3 aromatic carbocycles. The van der Waals surface area contributed by atoms with Crippen molar-refractivity contribution in [2.75, 3.05) is 31.6 Å². The van der Waals surface area contributed by atoms with E-state index < -0.39 is 33.8 Å². The monoisotopic (exact) mass is 498 g/mol. The molecule has 0 spiro atoms. The van der Waals surface area contributed by atoms with Gasteiger partial charge in [0.2, 0.25) is 16.1 Å². The van der Waals surface area contributed by atoms with Gasteiger partial charge in [-0.1, -0.05) is 36.4 Å². The molecule has 1 aliphatic rings. The fraction of sp³-hybridized carbons (Fsp3) is 0.200. The molecule has 1 unspecified atom stereocenters. The van der Waals surface area contributed by atoms with Crippen molar-refractivity contribution in [3.05, 3.63) is 95.8 Å². The van der Waals surface area contributed by atoms with Crippen molar-refractivity contribution in [2.45, 2.75) is 11.0 Å². The molecule has 0 saturated carbocycles. The first-order valence-corrected chi connectivity index (χ1v) is 12.3. The maximum absolute atomic E-state index is 13.2. The lowest BCUT2D eigenvalue weighted by Gasteiger charge is -2.26. The number of anilines is 1. The van der Waals surface area contributed by atoms with Crippen LogP contribution in [-0.2, 0) is 24.3 Å². The molecule has 10 heteroatoms. The van der Waals surface area contributed by atoms with Crippen LogP contribution >= 0.6 is 0 Å². The van der Waals surface area contributed by atoms with E-state index in [2.05, 4.69) is 5.32 Å². The largest absolute Gasteiger partial charge is 0.444 e. The Morgan fingerprint density at radius 3 is 2.31 bits per heavy atom. The van der Waals surface area contributed by atoms with E-state index >= 15 is 0 Å². The minimum Gasteiger partial charge on any atom is -0.444 e. The quantitative estimate of drug-likeness (QED) is 0.501. The summed E-state index contributed by atoms with van der Waals surface area (Å²) in [5, 5.41) is 2.61. The summed E-state index contributed by atoms with van der Waals surface area (Å²) in [6.45, 7) is 1.03. The molecule has 35 heavy (non-hydrogen) atoms. The number of halogens is 1. The zero-order valence-corrected chi connectivity index (χ0v) is 19.4. The molecule has 1 N–H and O–H groups in total. The molecule has 3 aromatic rings. The predicted molar refractivity (Wildman–Crippen MR) is 126 cm³/mol. The van der Waals surface area contributed by atoms with Crippen LogP contribution in [0.2, 0.25) is 0 Å². The number of nitrogens with one attached hydrogen (secondary N) is 1. The summed E-state index contributed by atoms with van der Waals surface area (Å²) in [6, 6.07) is 19.0. The SMILES string of the molecule is O=C(OC(C(=O)Nc1ccc(F)cc1)c1ccccc1)c1cccc(S(=O)(=O)N2CCOCC2)c1. The molecule has 1 amide bonds. The van der Waals surface area contributed by atoms with Gasteiger partial charge in [-0.3, -0.25) is 4.79 Å². The van der Waals surface area contributed by atoms with Crippen LogP contribution in [0, 0.1) is 5.82 Å². The van der Waals surface area contributed by atoms with Crippen molar-refractivity contribution in [1.29, 1.82) is 0 Å². The van der Waals surface area contributed by atoms with Crippen molar-refractivity contribution in [3.8, 4) is 0 Å². The summed E-state index contributed by atoms with van der Waals surface area (Å²) in [5.74, 6) is -1.97. The number of hydrogen-bond acceptors (Lipinski definition) is 6. The second-order valence-corrected chi connectivity index (χ2v) is 9.67. The van der Waals surface area contributed by atoms with Crippen molar-refractivity contribution < 1.29 is 31.9 Å². The number of ether oxygens (including phenoxy) is 2. The number of carbonyl (C=O) groups is 2. The zero-order valence-electron chi connectivity index (χ0n) is 18.6. The van der Waals surface area contributed by atoms with Gasteiger partial charge < -0.3 is 14.8 Å². The number of nitrogens with zero attached hydrogens (tertiary/aromatic N) is 1. The average Bonchev–Trinajstić information content (AvgIpc) is 2.89. The Morgan fingerprint density at radius 1 is 0.943 bits per heavy atom. The van der Waals surface area contributed by atoms with Gasteiger partial charge in [-0.2, -0.15) is 4.31 Å². The first-order chi connectivity index (χ1) is 16.8. The molecule has 1 saturated heterocycles. The van der Waals surface area contributed by atoms with Crippen LogP contribution in [-0.4, -0.2) is 50.9 Å². The second-order valence-electron chi connectivity index (χ2n) is 7.74. The van der Waals surface area contributed by atoms with Gasteiger partial charge in [0.1, 0.15) is 5.82 Å². The standard InChI is InChI=1S/C25H23FN2O6S/c26-20-9-11-21(12-10-20)27-24(29)23(18-5-2-1-3-6-18)34-25(30)19-7-4-8-22(17-19)35(31,32)28-13-15-33-16-14-28/h1-12,17,23H,13-16H2,(H,27,29). The Balaban J connectivity index is 1.56. The number of benzene rings is 3. The third-order valence-electron chi connectivity index (χ3n) is 5.35. The Bertz CT molecular complexity index is 1290. The van der Waals surface area contributed by atoms with Crippen LogP contribution in [0.15, 0.2) is 83.8 Å². The molecule has 1 heterocycles. The number of hydrogen-bond donors (Lipinski definition) is 1. The van der Waals surface area contributed by atoms with Gasteiger partial charge in [0.05, 0.1) is 23.7 Å². The minimum absolute atomic E-state index is 0.0187. The van der Waals surface area contributed by atoms with E-state index in [1.807, 2.05) is 0 Å². The Morgan fingerprint density at radius 2 is 1.63 bits per heavy atom. The lowest BCUT2D eigenvalue weighted by molar-refractivity contribution is -0.125. The summed E-state index contributed by atoms with van der Waals surface area (Å²) < 4.78 is 51.2. The molecular formula is C25H23FN2O6S. The summed E-state index contributed by atoms with van der Waals surface area (Å²) in [4.78, 5) is 26.0. The molecule has 182 valence electrons. The topological polar surface area (TPSA) is 102 Å². The predicted octanol–water partition coefficient (Wildman–Crippen LogP) is 3.38. The van der Waals surface area contributed by atoms with E-state index in [1.165, 1.54) is 52.8 Å². The number of rotatable bonds is 7. The van der Waals surface area contributed by atoms with Crippen LogP contribution < -0.4 is 5.32 Å². The van der Waals surface area contributed by atoms with Gasteiger partial charge in [-0.25, -0.2) is 17.6 Å². The van der Waals surface area contributed by atoms with E-state index in [0.717, 1.165) is 0 Å². The van der Waals surface area contributed by atoms with Gasteiger partial charge in [0, 0.05) is 24.3 Å². The van der Waals surface area contributed by atoms with E-state index in [0.29, 0.717) is 24.5 Å². The smallest absolute Gasteiger partial charge is 0.339 e. The molecule has 1 aliphatic heterocycles. The maximum Gasteiger partial charge on any atom is 0.339 e. The molecule has 0 aromatic heterocycles. The number of morpholine rings is 1. The second kappa shape index (κ2) is 10.8. The van der Waals surface area contributed by atoms with Gasteiger partial charge in [0.25, 0.3) is 5.91 Å². The van der Waals surface area contributed by atoms with Crippen LogP contribution in [0.1, 0.15) is 22.0 Å². The third kappa shape index (κ3) is 5.91. The first kappa shape index (κ1) is 24.5. The summed E-state index contributed by atoms with van der Waals surface area (Å²) in [6.07, 6.45) is -1.33. The highest BCUT2D eigenvalue weighted by molar-refractivity contribution is 7.89. The number of carbonyl (C=O) groups excluding carboxylic acids is 2. The molecule has 0 bridgehead atoms. The maximum atomic E-state index is 13.2. The van der Waals surface area contributed by atoms with E-state index in [1.54, 1.807) is 30.3 Å². The van der Waals surface area contributed by atoms with Gasteiger partial charge in [0.15, 0.2) is 0 Å². The Hall–Kier alpha value is -3.60. The average molecular weight is 499 g/mol. The molecule has 8 nitrogen and oxygen atoms in total. The summed E-state index contributed by atoms with van der Waals surface area (Å²) >= 11 is 0. The molecule has 0 aliphatic carbocycles. The zero-order chi connectivity index (χ0) is 24.8. The minimum atomic E-state index is -3.82. The highest BCUT2D eigenvalue weighted by Crippen LogP contribution is 2.24. The van der Waals surface area contributed by atoms with Crippen LogP contribution in [0.4, 0.5) is 10.1 Å². The lowest BCUT2D eigenvalue weighted by Crippen LogP contribution is -2.40. The molecular weight excluding hydrogens is 475 g/mol. The summed E-state index contributed by atoms with van der Waals surface area (Å²) in [7, 11) is -3.82. The van der Waals surface area contributed by atoms with Crippen LogP contribution in [0.25, 0.3) is 0 Å². The number of amides is 1. The molecule has 1 atom stereocenters. The Kier molecular flexibility index (Phi) is 7.54. The fourth-order valence-electron chi connectivity index (χ4n) is 3.54.